The number of aliphatic hydroxyl groups excluding tert-OH is 1. The second-order valence-corrected chi connectivity index (χ2v) is 13.8. The molecule has 2 saturated heterocycles. The first-order chi connectivity index (χ1) is 22.2. The van der Waals surface area contributed by atoms with Gasteiger partial charge in [0.1, 0.15) is 23.7 Å². The number of allylic oxidation sites excluding steroid dienone is 1. The molecule has 46 heavy (non-hydrogen) atoms. The Morgan fingerprint density at radius 2 is 1.78 bits per heavy atom. The van der Waals surface area contributed by atoms with Crippen LogP contribution in [0.25, 0.3) is 0 Å². The van der Waals surface area contributed by atoms with Gasteiger partial charge in [0.15, 0.2) is 0 Å². The SMILES string of the molecule is CC(C)C[C@H](CO)N1C(=O)[C@H]2[C@@H]3C(=O)O[C@H](c4ccccc4)CNC(=O)CC/C=C\CN(C4CCCCC4)C(=O)[C@H]1[C@@]21C=C[C@@H]3O1. The van der Waals surface area contributed by atoms with Crippen LogP contribution in [0.5, 0.6) is 0 Å². The van der Waals surface area contributed by atoms with Crippen molar-refractivity contribution in [1.29, 1.82) is 0 Å². The van der Waals surface area contributed by atoms with Crippen LogP contribution in [-0.4, -0.2) is 88.1 Å². The fraction of sp³-hybridized carbons (Fsp3) is 0.611. The minimum Gasteiger partial charge on any atom is -0.455 e. The highest BCUT2D eigenvalue weighted by Gasteiger charge is 2.74. The molecule has 3 fully saturated rings. The molecule has 4 aliphatic heterocycles. The Kier molecular flexibility index (Phi) is 9.66. The van der Waals surface area contributed by atoms with E-state index in [9.17, 15) is 24.3 Å². The van der Waals surface area contributed by atoms with E-state index in [1.807, 2.05) is 67.3 Å². The Hall–Kier alpha value is -3.50. The second-order valence-electron chi connectivity index (χ2n) is 13.8. The quantitative estimate of drug-likeness (QED) is 0.363. The fourth-order valence-electron chi connectivity index (χ4n) is 8.27. The number of cyclic esters (lactones) is 1. The summed E-state index contributed by atoms with van der Waals surface area (Å²) in [5.74, 6) is -3.16. The maximum Gasteiger partial charge on any atom is 0.313 e. The van der Waals surface area contributed by atoms with Gasteiger partial charge in [0.05, 0.1) is 31.2 Å². The molecule has 248 valence electrons. The monoisotopic (exact) mass is 633 g/mol. The number of amides is 3. The molecule has 10 heteroatoms. The van der Waals surface area contributed by atoms with Gasteiger partial charge in [-0.1, -0.05) is 87.7 Å². The van der Waals surface area contributed by atoms with Crippen LogP contribution >= 0.6 is 0 Å². The number of rotatable bonds is 6. The average molecular weight is 634 g/mol. The zero-order valence-electron chi connectivity index (χ0n) is 26.9. The summed E-state index contributed by atoms with van der Waals surface area (Å²) in [6.45, 7) is 4.16. The number of nitrogens with zero attached hydrogens (tertiary/aromatic N) is 2. The predicted molar refractivity (Wildman–Crippen MR) is 170 cm³/mol. The van der Waals surface area contributed by atoms with E-state index in [0.717, 1.165) is 37.7 Å². The molecule has 7 atom stereocenters. The number of hydrogen-bond acceptors (Lipinski definition) is 7. The van der Waals surface area contributed by atoms with Gasteiger partial charge in [-0.2, -0.15) is 0 Å². The van der Waals surface area contributed by atoms with Crippen LogP contribution < -0.4 is 5.32 Å². The third-order valence-corrected chi connectivity index (χ3v) is 10.4. The summed E-state index contributed by atoms with van der Waals surface area (Å²) >= 11 is 0. The molecule has 0 unspecified atom stereocenters. The van der Waals surface area contributed by atoms with E-state index in [4.69, 9.17) is 9.47 Å². The minimum absolute atomic E-state index is 0.00339. The predicted octanol–water partition coefficient (Wildman–Crippen LogP) is 3.46. The van der Waals surface area contributed by atoms with Crippen molar-refractivity contribution in [3.63, 3.8) is 0 Å². The van der Waals surface area contributed by atoms with Gasteiger partial charge in [-0.15, -0.1) is 0 Å². The summed E-state index contributed by atoms with van der Waals surface area (Å²) in [7, 11) is 0. The van der Waals surface area contributed by atoms with E-state index in [0.29, 0.717) is 19.4 Å². The Labute approximate surface area is 271 Å². The number of likely N-dealkylation sites (tertiary alicyclic amines) is 1. The fourth-order valence-corrected chi connectivity index (χ4v) is 8.27. The molecule has 3 amide bonds. The lowest BCUT2D eigenvalue weighted by atomic mass is 9.74. The molecule has 6 rings (SSSR count). The summed E-state index contributed by atoms with van der Waals surface area (Å²) < 4.78 is 12.7. The van der Waals surface area contributed by atoms with Crippen LogP contribution in [0.1, 0.15) is 76.9 Å². The number of aliphatic hydroxyl groups is 1. The number of ether oxygens (including phenoxy) is 2. The molecule has 5 bridgehead atoms. The number of nitrogens with one attached hydrogen (secondary N) is 1. The number of benzene rings is 1. The van der Waals surface area contributed by atoms with Crippen molar-refractivity contribution < 1.29 is 33.8 Å². The number of carbonyl (C=O) groups excluding carboxylic acids is 4. The maximum atomic E-state index is 15.0. The third kappa shape index (κ3) is 6.01. The molecule has 2 N–H and O–H groups in total. The van der Waals surface area contributed by atoms with Crippen molar-refractivity contribution in [1.82, 2.24) is 15.1 Å². The Bertz CT molecular complexity index is 1360. The molecule has 0 aromatic heterocycles. The highest BCUT2D eigenvalue weighted by Crippen LogP contribution is 2.56. The van der Waals surface area contributed by atoms with Crippen LogP contribution in [0.2, 0.25) is 0 Å². The minimum atomic E-state index is -1.35. The molecule has 5 aliphatic rings. The lowest BCUT2D eigenvalue weighted by Crippen LogP contribution is -2.60. The summed E-state index contributed by atoms with van der Waals surface area (Å²) in [4.78, 5) is 60.0. The van der Waals surface area contributed by atoms with E-state index in [2.05, 4.69) is 5.32 Å². The van der Waals surface area contributed by atoms with Gasteiger partial charge in [0, 0.05) is 19.0 Å². The van der Waals surface area contributed by atoms with Crippen LogP contribution in [0.4, 0.5) is 0 Å². The summed E-state index contributed by atoms with van der Waals surface area (Å²) in [5, 5.41) is 13.6. The zero-order chi connectivity index (χ0) is 32.4. The molecule has 10 nitrogen and oxygen atoms in total. The number of fused-ring (bicyclic) bond motifs is 2. The summed E-state index contributed by atoms with van der Waals surface area (Å²) in [5.41, 5.74) is -0.635. The van der Waals surface area contributed by atoms with Gasteiger partial charge in [-0.25, -0.2) is 0 Å². The van der Waals surface area contributed by atoms with Crippen LogP contribution in [-0.2, 0) is 28.7 Å². The Morgan fingerprint density at radius 3 is 2.50 bits per heavy atom. The second kappa shape index (κ2) is 13.7. The molecule has 4 heterocycles. The van der Waals surface area contributed by atoms with E-state index < -0.39 is 47.7 Å². The van der Waals surface area contributed by atoms with Crippen molar-refractivity contribution >= 4 is 23.7 Å². The number of carbonyl (C=O) groups is 4. The van der Waals surface area contributed by atoms with E-state index in [-0.39, 0.29) is 49.3 Å². The van der Waals surface area contributed by atoms with E-state index in [1.54, 1.807) is 11.0 Å². The van der Waals surface area contributed by atoms with Crippen molar-refractivity contribution in [3.8, 4) is 0 Å². The van der Waals surface area contributed by atoms with Crippen LogP contribution in [0, 0.1) is 17.8 Å². The maximum absolute atomic E-state index is 15.0. The highest BCUT2D eigenvalue weighted by atomic mass is 16.6. The molecule has 1 aromatic carbocycles. The van der Waals surface area contributed by atoms with Gasteiger partial charge >= 0.3 is 5.97 Å². The van der Waals surface area contributed by atoms with Gasteiger partial charge in [0.2, 0.25) is 17.7 Å². The van der Waals surface area contributed by atoms with Crippen LogP contribution in [0.3, 0.4) is 0 Å². The standard InChI is InChI=1S/C36H47N3O7/c1-23(2)20-26(22-40)39-32-34(43)38(25-14-8-4-9-15-25)19-11-5-10-16-29(41)37-21-28(24-12-6-3-7-13-24)45-35(44)30-27-17-18-36(32,46-27)31(30)33(39)42/h3,5-7,11-13,17-18,23,25-28,30-32,40H,4,8-10,14-16,19-22H2,1-2H3,(H,37,41)/b11-5-/t26-,27+,28+,30-,31-,32+,36-/m1/s1. The average Bonchev–Trinajstić information content (AvgIpc) is 3.71. The molecule has 1 spiro atoms. The molecule has 1 saturated carbocycles. The first-order valence-electron chi connectivity index (χ1n) is 17.0. The molecular formula is C36H47N3O7. The van der Waals surface area contributed by atoms with E-state index >= 15 is 0 Å². The Balaban J connectivity index is 1.43. The first-order valence-corrected chi connectivity index (χ1v) is 17.0. The van der Waals surface area contributed by atoms with Gasteiger partial charge in [-0.3, -0.25) is 19.2 Å². The van der Waals surface area contributed by atoms with Gasteiger partial charge in [0.25, 0.3) is 0 Å². The van der Waals surface area contributed by atoms with Crippen molar-refractivity contribution in [2.75, 3.05) is 19.7 Å². The van der Waals surface area contributed by atoms with E-state index in [1.165, 1.54) is 0 Å². The Morgan fingerprint density at radius 1 is 1.02 bits per heavy atom. The largest absolute Gasteiger partial charge is 0.455 e. The third-order valence-electron chi connectivity index (χ3n) is 10.4. The topological polar surface area (TPSA) is 125 Å². The van der Waals surface area contributed by atoms with Gasteiger partial charge in [-0.05, 0) is 37.2 Å². The lowest BCUT2D eigenvalue weighted by Gasteiger charge is -2.42. The number of hydrogen-bond donors (Lipinski definition) is 2. The molecule has 0 radical (unpaired) electrons. The molecular weight excluding hydrogens is 586 g/mol. The molecule has 1 aromatic rings. The van der Waals surface area contributed by atoms with Crippen LogP contribution in [0.15, 0.2) is 54.6 Å². The first kappa shape index (κ1) is 32.4. The highest BCUT2D eigenvalue weighted by molar-refractivity contribution is 5.99. The summed E-state index contributed by atoms with van der Waals surface area (Å²) in [6, 6.07) is 7.57. The summed E-state index contributed by atoms with van der Waals surface area (Å²) in [6.07, 6.45) is 12.1. The van der Waals surface area contributed by atoms with Crippen molar-refractivity contribution in [2.45, 2.75) is 101 Å². The van der Waals surface area contributed by atoms with Crippen molar-refractivity contribution in [3.05, 3.63) is 60.2 Å². The zero-order valence-corrected chi connectivity index (χ0v) is 26.9. The van der Waals surface area contributed by atoms with Crippen molar-refractivity contribution in [2.24, 2.45) is 17.8 Å². The normalized spacial score (nSPS) is 33.7. The lowest BCUT2D eigenvalue weighted by molar-refractivity contribution is -0.160. The molecule has 1 aliphatic carbocycles. The van der Waals surface area contributed by atoms with Gasteiger partial charge < -0.3 is 29.7 Å². The smallest absolute Gasteiger partial charge is 0.313 e. The number of esters is 1.